The number of hydrogen-bond donors (Lipinski definition) is 1. The zero-order valence-electron chi connectivity index (χ0n) is 7.20. The SMILES string of the molecule is C=CNC(C)Oc1cncc(Br)n1. The van der Waals surface area contributed by atoms with Gasteiger partial charge in [0.15, 0.2) is 6.23 Å². The Morgan fingerprint density at radius 3 is 3.08 bits per heavy atom. The lowest BCUT2D eigenvalue weighted by Gasteiger charge is -2.12. The smallest absolute Gasteiger partial charge is 0.235 e. The molecule has 1 aromatic rings. The second kappa shape index (κ2) is 4.81. The van der Waals surface area contributed by atoms with Gasteiger partial charge in [0.25, 0.3) is 0 Å². The van der Waals surface area contributed by atoms with Gasteiger partial charge in [-0.05, 0) is 29.1 Å². The van der Waals surface area contributed by atoms with Gasteiger partial charge >= 0.3 is 0 Å². The Bertz CT molecular complexity index is 292. The maximum absolute atomic E-state index is 5.35. The van der Waals surface area contributed by atoms with E-state index >= 15 is 0 Å². The molecule has 1 heterocycles. The normalized spacial score (nSPS) is 11.8. The van der Waals surface area contributed by atoms with Crippen molar-refractivity contribution in [2.45, 2.75) is 13.2 Å². The Morgan fingerprint density at radius 2 is 2.46 bits per heavy atom. The van der Waals surface area contributed by atoms with Crippen LogP contribution in [0.3, 0.4) is 0 Å². The van der Waals surface area contributed by atoms with E-state index in [0.717, 1.165) is 0 Å². The van der Waals surface area contributed by atoms with Crippen LogP contribution in [-0.4, -0.2) is 16.2 Å². The summed E-state index contributed by atoms with van der Waals surface area (Å²) in [6.45, 7) is 5.37. The molecule has 1 N–H and O–H groups in total. The number of nitrogens with zero attached hydrogens (tertiary/aromatic N) is 2. The molecule has 0 saturated carbocycles. The summed E-state index contributed by atoms with van der Waals surface area (Å²) in [5.74, 6) is 0.469. The Morgan fingerprint density at radius 1 is 1.69 bits per heavy atom. The van der Waals surface area contributed by atoms with Gasteiger partial charge in [-0.25, -0.2) is 4.98 Å². The minimum atomic E-state index is -0.166. The average Bonchev–Trinajstić information content (AvgIpc) is 2.04. The molecular weight excluding hydrogens is 234 g/mol. The van der Waals surface area contributed by atoms with Gasteiger partial charge in [-0.15, -0.1) is 0 Å². The van der Waals surface area contributed by atoms with Gasteiger partial charge in [-0.1, -0.05) is 6.58 Å². The van der Waals surface area contributed by atoms with Crippen LogP contribution < -0.4 is 10.1 Å². The number of halogens is 1. The molecule has 1 aromatic heterocycles. The maximum Gasteiger partial charge on any atom is 0.235 e. The molecule has 0 amide bonds. The molecule has 4 nitrogen and oxygen atoms in total. The topological polar surface area (TPSA) is 47.0 Å². The number of hydrogen-bond acceptors (Lipinski definition) is 4. The van der Waals surface area contributed by atoms with Crippen LogP contribution in [0.5, 0.6) is 5.88 Å². The lowest BCUT2D eigenvalue weighted by molar-refractivity contribution is 0.191. The van der Waals surface area contributed by atoms with Crippen LogP contribution in [0.15, 0.2) is 29.8 Å². The van der Waals surface area contributed by atoms with Gasteiger partial charge in [0.1, 0.15) is 4.60 Å². The van der Waals surface area contributed by atoms with Crippen molar-refractivity contribution in [3.63, 3.8) is 0 Å². The third-order valence-electron chi connectivity index (χ3n) is 1.23. The summed E-state index contributed by atoms with van der Waals surface area (Å²) in [6.07, 6.45) is 4.54. The zero-order valence-corrected chi connectivity index (χ0v) is 8.78. The molecule has 0 aliphatic heterocycles. The van der Waals surface area contributed by atoms with Crippen LogP contribution in [0.25, 0.3) is 0 Å². The molecule has 5 heteroatoms. The average molecular weight is 244 g/mol. The first-order chi connectivity index (χ1) is 6.22. The lowest BCUT2D eigenvalue weighted by atomic mass is 10.6. The van der Waals surface area contributed by atoms with E-state index in [2.05, 4.69) is 37.8 Å². The van der Waals surface area contributed by atoms with Crippen LogP contribution in [0.4, 0.5) is 0 Å². The van der Waals surface area contributed by atoms with Gasteiger partial charge in [0.05, 0.1) is 12.4 Å². The Balaban J connectivity index is 2.58. The summed E-state index contributed by atoms with van der Waals surface area (Å²) in [6, 6.07) is 0. The minimum Gasteiger partial charge on any atom is -0.453 e. The summed E-state index contributed by atoms with van der Waals surface area (Å²) in [5.41, 5.74) is 0. The predicted octanol–water partition coefficient (Wildman–Crippen LogP) is 1.70. The molecule has 13 heavy (non-hydrogen) atoms. The molecule has 0 bridgehead atoms. The van der Waals surface area contributed by atoms with E-state index in [4.69, 9.17) is 4.74 Å². The fourth-order valence-corrected chi connectivity index (χ4v) is 1.06. The summed E-state index contributed by atoms with van der Waals surface area (Å²) < 4.78 is 6.00. The third-order valence-corrected chi connectivity index (χ3v) is 1.62. The van der Waals surface area contributed by atoms with Crippen LogP contribution in [0, 0.1) is 0 Å². The molecule has 70 valence electrons. The monoisotopic (exact) mass is 243 g/mol. The lowest BCUT2D eigenvalue weighted by Crippen LogP contribution is -2.26. The van der Waals surface area contributed by atoms with Crippen molar-refractivity contribution in [2.24, 2.45) is 0 Å². The van der Waals surface area contributed by atoms with Gasteiger partial charge in [-0.3, -0.25) is 4.98 Å². The quantitative estimate of drug-likeness (QED) is 0.819. The minimum absolute atomic E-state index is 0.166. The second-order valence-electron chi connectivity index (χ2n) is 2.31. The van der Waals surface area contributed by atoms with E-state index < -0.39 is 0 Å². The van der Waals surface area contributed by atoms with Gasteiger partial charge in [0.2, 0.25) is 5.88 Å². The number of nitrogens with one attached hydrogen (secondary N) is 1. The molecule has 1 unspecified atom stereocenters. The van der Waals surface area contributed by atoms with Crippen LogP contribution in [-0.2, 0) is 0 Å². The molecule has 1 rings (SSSR count). The highest BCUT2D eigenvalue weighted by Gasteiger charge is 2.02. The van der Waals surface area contributed by atoms with Crippen molar-refractivity contribution in [3.8, 4) is 5.88 Å². The van der Waals surface area contributed by atoms with E-state index in [1.807, 2.05) is 6.92 Å². The number of ether oxygens (including phenoxy) is 1. The molecule has 1 atom stereocenters. The molecule has 0 saturated heterocycles. The largest absolute Gasteiger partial charge is 0.453 e. The third kappa shape index (κ3) is 3.42. The van der Waals surface area contributed by atoms with Crippen molar-refractivity contribution in [3.05, 3.63) is 29.8 Å². The molecule has 0 radical (unpaired) electrons. The van der Waals surface area contributed by atoms with Gasteiger partial charge < -0.3 is 10.1 Å². The van der Waals surface area contributed by atoms with Crippen LogP contribution >= 0.6 is 15.9 Å². The van der Waals surface area contributed by atoms with E-state index in [9.17, 15) is 0 Å². The van der Waals surface area contributed by atoms with E-state index in [1.54, 1.807) is 18.6 Å². The van der Waals surface area contributed by atoms with Crippen molar-refractivity contribution in [1.29, 1.82) is 0 Å². The first kappa shape index (κ1) is 9.98. The van der Waals surface area contributed by atoms with Crippen molar-refractivity contribution in [1.82, 2.24) is 15.3 Å². The highest BCUT2D eigenvalue weighted by molar-refractivity contribution is 9.10. The molecule has 0 aliphatic rings. The summed E-state index contributed by atoms with van der Waals surface area (Å²) >= 11 is 3.20. The van der Waals surface area contributed by atoms with Crippen LogP contribution in [0.1, 0.15) is 6.92 Å². The molecule has 0 spiro atoms. The molecule has 0 aromatic carbocycles. The van der Waals surface area contributed by atoms with Crippen molar-refractivity contribution >= 4 is 15.9 Å². The molecule has 0 fully saturated rings. The zero-order chi connectivity index (χ0) is 9.68. The molecule has 0 aliphatic carbocycles. The first-order valence-electron chi connectivity index (χ1n) is 3.73. The predicted molar refractivity (Wildman–Crippen MR) is 53.2 cm³/mol. The van der Waals surface area contributed by atoms with Crippen LogP contribution in [0.2, 0.25) is 0 Å². The Kier molecular flexibility index (Phi) is 3.70. The Hall–Kier alpha value is -1.10. The van der Waals surface area contributed by atoms with Crippen molar-refractivity contribution in [2.75, 3.05) is 0 Å². The van der Waals surface area contributed by atoms with Crippen molar-refractivity contribution < 1.29 is 4.74 Å². The summed E-state index contributed by atoms with van der Waals surface area (Å²) in [5, 5.41) is 2.87. The highest BCUT2D eigenvalue weighted by Crippen LogP contribution is 2.10. The number of rotatable bonds is 4. The van der Waals surface area contributed by atoms with Gasteiger partial charge in [-0.2, -0.15) is 0 Å². The summed E-state index contributed by atoms with van der Waals surface area (Å²) in [4.78, 5) is 7.96. The Labute approximate surface area is 85.2 Å². The second-order valence-corrected chi connectivity index (χ2v) is 3.12. The van der Waals surface area contributed by atoms with E-state index in [0.29, 0.717) is 10.5 Å². The number of aromatic nitrogens is 2. The highest BCUT2D eigenvalue weighted by atomic mass is 79.9. The molecular formula is C8H10BrN3O. The standard InChI is InChI=1S/C8H10BrN3O/c1-3-11-6(2)13-8-5-10-4-7(9)12-8/h3-6,11H,1H2,2H3. The summed E-state index contributed by atoms with van der Waals surface area (Å²) in [7, 11) is 0. The fraction of sp³-hybridized carbons (Fsp3) is 0.250. The maximum atomic E-state index is 5.35. The first-order valence-corrected chi connectivity index (χ1v) is 4.53. The van der Waals surface area contributed by atoms with E-state index in [1.165, 1.54) is 0 Å². The van der Waals surface area contributed by atoms with E-state index in [-0.39, 0.29) is 6.23 Å². The van der Waals surface area contributed by atoms with Gasteiger partial charge in [0, 0.05) is 0 Å². The fourth-order valence-electron chi connectivity index (χ4n) is 0.763.